The van der Waals surface area contributed by atoms with Crippen LogP contribution < -0.4 is 4.90 Å². The molecule has 1 fully saturated rings. The number of aromatic amines is 2. The molecule has 0 saturated carbocycles. The van der Waals surface area contributed by atoms with E-state index in [1.54, 1.807) is 0 Å². The topological polar surface area (TPSA) is 63.8 Å². The third-order valence-electron chi connectivity index (χ3n) is 6.95. The van der Waals surface area contributed by atoms with Gasteiger partial charge in [0.25, 0.3) is 0 Å². The third-order valence-corrected chi connectivity index (χ3v) is 6.95. The van der Waals surface area contributed by atoms with Gasteiger partial charge in [0, 0.05) is 59.9 Å². The highest BCUT2D eigenvalue weighted by atomic mass is 15.2. The number of hydrogen-bond acceptors (Lipinski definition) is 4. The summed E-state index contributed by atoms with van der Waals surface area (Å²) in [5.41, 5.74) is 9.41. The van der Waals surface area contributed by atoms with Gasteiger partial charge in [-0.15, -0.1) is 0 Å². The quantitative estimate of drug-likeness (QED) is 0.412. The maximum absolute atomic E-state index is 4.40. The zero-order valence-electron chi connectivity index (χ0n) is 19.1. The molecule has 3 aromatic heterocycles. The summed E-state index contributed by atoms with van der Waals surface area (Å²) in [5.74, 6) is 0. The molecule has 0 unspecified atom stereocenters. The van der Waals surface area contributed by atoms with Crippen LogP contribution in [0.15, 0.2) is 60.9 Å². The first-order valence-corrected chi connectivity index (χ1v) is 11.7. The van der Waals surface area contributed by atoms with Gasteiger partial charge in [-0.25, -0.2) is 4.98 Å². The number of fused-ring (bicyclic) bond motifs is 2. The first-order valence-electron chi connectivity index (χ1n) is 11.7. The van der Waals surface area contributed by atoms with Crippen LogP contribution in [0.4, 0.5) is 5.69 Å². The lowest BCUT2D eigenvalue weighted by Crippen LogP contribution is -2.44. The molecule has 33 heavy (non-hydrogen) atoms. The number of H-pyrrole nitrogens is 2. The Labute approximate surface area is 193 Å². The number of anilines is 1. The smallest absolute Gasteiger partial charge is 0.155 e. The summed E-state index contributed by atoms with van der Waals surface area (Å²) in [6.45, 7) is 6.64. The number of hydrogen-bond donors (Lipinski definition) is 2. The Kier molecular flexibility index (Phi) is 4.88. The van der Waals surface area contributed by atoms with Crippen LogP contribution >= 0.6 is 0 Å². The van der Waals surface area contributed by atoms with E-state index in [9.17, 15) is 0 Å². The van der Waals surface area contributed by atoms with Gasteiger partial charge in [0.1, 0.15) is 0 Å². The molecule has 1 saturated heterocycles. The number of pyridine rings is 1. The minimum atomic E-state index is 0.814. The van der Waals surface area contributed by atoms with Crippen LogP contribution in [0, 0.1) is 0 Å². The van der Waals surface area contributed by atoms with E-state index in [1.165, 1.54) is 27.8 Å². The fourth-order valence-electron chi connectivity index (χ4n) is 5.02. The predicted octanol–water partition coefficient (Wildman–Crippen LogP) is 5.09. The molecule has 2 aromatic carbocycles. The van der Waals surface area contributed by atoms with Gasteiger partial charge in [0.2, 0.25) is 0 Å². The largest absolute Gasteiger partial charge is 0.369 e. The molecule has 2 N–H and O–H groups in total. The van der Waals surface area contributed by atoms with Crippen LogP contribution in [-0.2, 0) is 6.42 Å². The Morgan fingerprint density at radius 1 is 0.909 bits per heavy atom. The molecule has 0 aliphatic carbocycles. The van der Waals surface area contributed by atoms with Crippen molar-refractivity contribution in [3.8, 4) is 22.4 Å². The molecule has 166 valence electrons. The van der Waals surface area contributed by atoms with Crippen LogP contribution in [0.5, 0.6) is 0 Å². The van der Waals surface area contributed by atoms with Gasteiger partial charge < -0.3 is 14.8 Å². The zero-order valence-corrected chi connectivity index (χ0v) is 19.1. The second-order valence-corrected chi connectivity index (χ2v) is 8.92. The number of piperazine rings is 1. The van der Waals surface area contributed by atoms with Crippen molar-refractivity contribution in [2.45, 2.75) is 13.3 Å². The Morgan fingerprint density at radius 2 is 1.70 bits per heavy atom. The molecule has 5 aromatic rings. The molecular formula is C27H28N6. The van der Waals surface area contributed by atoms with Crippen molar-refractivity contribution < 1.29 is 0 Å². The number of nitrogens with one attached hydrogen (secondary N) is 2. The number of aromatic nitrogens is 4. The predicted molar refractivity (Wildman–Crippen MR) is 136 cm³/mol. The Hall–Kier alpha value is -3.64. The van der Waals surface area contributed by atoms with E-state index in [0.29, 0.717) is 0 Å². The Morgan fingerprint density at radius 3 is 2.48 bits per heavy atom. The molecule has 4 heterocycles. The maximum Gasteiger partial charge on any atom is 0.155 e. The molecular weight excluding hydrogens is 408 g/mol. The first kappa shape index (κ1) is 20.0. The normalized spacial score (nSPS) is 15.0. The second kappa shape index (κ2) is 8.05. The van der Waals surface area contributed by atoms with Gasteiger partial charge in [-0.2, -0.15) is 5.10 Å². The molecule has 0 amide bonds. The molecule has 6 nitrogen and oxygen atoms in total. The number of likely N-dealkylation sites (N-methyl/N-ethyl adjacent to an activating group) is 1. The summed E-state index contributed by atoms with van der Waals surface area (Å²) in [5, 5.41) is 9.49. The fourth-order valence-corrected chi connectivity index (χ4v) is 5.02. The summed E-state index contributed by atoms with van der Waals surface area (Å²) < 4.78 is 0. The van der Waals surface area contributed by atoms with E-state index < -0.39 is 0 Å². The monoisotopic (exact) mass is 436 g/mol. The maximum atomic E-state index is 4.40. The lowest BCUT2D eigenvalue weighted by molar-refractivity contribution is 0.313. The highest BCUT2D eigenvalue weighted by Crippen LogP contribution is 2.36. The minimum Gasteiger partial charge on any atom is -0.369 e. The Balaban J connectivity index is 1.37. The summed E-state index contributed by atoms with van der Waals surface area (Å²) in [7, 11) is 2.19. The van der Waals surface area contributed by atoms with E-state index in [4.69, 9.17) is 0 Å². The van der Waals surface area contributed by atoms with Crippen molar-refractivity contribution in [1.29, 1.82) is 0 Å². The van der Waals surface area contributed by atoms with E-state index in [0.717, 1.165) is 60.4 Å². The Bertz CT molecular complexity index is 1420. The number of nitrogens with zero attached hydrogens (tertiary/aromatic N) is 4. The van der Waals surface area contributed by atoms with Gasteiger partial charge >= 0.3 is 0 Å². The second-order valence-electron chi connectivity index (χ2n) is 8.92. The standard InChI is InChI=1S/C27H28N6/c1-3-21-23-16-19(18-4-7-20(8-5-18)33-14-12-32(2)13-15-33)6-9-25(23)30-26(21)22-10-11-28-27-24(22)17-29-31-27/h4-11,16-17,30H,3,12-15H2,1-2H3,(H,28,29,31). The van der Waals surface area contributed by atoms with Gasteiger partial charge in [-0.05, 0) is 60.5 Å². The highest BCUT2D eigenvalue weighted by Gasteiger charge is 2.17. The van der Waals surface area contributed by atoms with Crippen molar-refractivity contribution in [3.63, 3.8) is 0 Å². The van der Waals surface area contributed by atoms with Crippen molar-refractivity contribution in [2.24, 2.45) is 0 Å². The summed E-state index contributed by atoms with van der Waals surface area (Å²) in [4.78, 5) is 12.9. The van der Waals surface area contributed by atoms with Crippen molar-refractivity contribution >= 4 is 27.6 Å². The first-order chi connectivity index (χ1) is 16.2. The molecule has 6 rings (SSSR count). The molecule has 0 radical (unpaired) electrons. The molecule has 0 spiro atoms. The van der Waals surface area contributed by atoms with E-state index in [1.807, 2.05) is 12.4 Å². The van der Waals surface area contributed by atoms with Crippen molar-refractivity contribution in [3.05, 3.63) is 66.5 Å². The lowest BCUT2D eigenvalue weighted by atomic mass is 9.99. The van der Waals surface area contributed by atoms with Crippen LogP contribution in [0.1, 0.15) is 12.5 Å². The van der Waals surface area contributed by atoms with Crippen LogP contribution in [0.25, 0.3) is 44.3 Å². The molecule has 6 heteroatoms. The van der Waals surface area contributed by atoms with Crippen LogP contribution in [-0.4, -0.2) is 58.3 Å². The third kappa shape index (κ3) is 3.47. The van der Waals surface area contributed by atoms with Crippen LogP contribution in [0.2, 0.25) is 0 Å². The summed E-state index contributed by atoms with van der Waals surface area (Å²) in [6.07, 6.45) is 4.65. The van der Waals surface area contributed by atoms with Gasteiger partial charge in [-0.1, -0.05) is 25.1 Å². The lowest BCUT2D eigenvalue weighted by Gasteiger charge is -2.34. The molecule has 1 aliphatic rings. The van der Waals surface area contributed by atoms with Gasteiger partial charge in [-0.3, -0.25) is 5.10 Å². The van der Waals surface area contributed by atoms with Crippen LogP contribution in [0.3, 0.4) is 0 Å². The summed E-state index contributed by atoms with van der Waals surface area (Å²) >= 11 is 0. The minimum absolute atomic E-state index is 0.814. The SMILES string of the molecule is CCc1c(-c2ccnc3[nH]ncc23)[nH]c2ccc(-c3ccc(N4CCN(C)CC4)cc3)cc12. The average molecular weight is 437 g/mol. The fraction of sp³-hybridized carbons (Fsp3) is 0.259. The number of rotatable bonds is 4. The van der Waals surface area contributed by atoms with E-state index in [-0.39, 0.29) is 0 Å². The molecule has 0 bridgehead atoms. The highest BCUT2D eigenvalue weighted by molar-refractivity contribution is 5.99. The van der Waals surface area contributed by atoms with Crippen molar-refractivity contribution in [1.82, 2.24) is 25.1 Å². The van der Waals surface area contributed by atoms with Gasteiger partial charge in [0.05, 0.1) is 11.9 Å². The van der Waals surface area contributed by atoms with E-state index >= 15 is 0 Å². The average Bonchev–Trinajstić information content (AvgIpc) is 3.48. The van der Waals surface area contributed by atoms with Crippen molar-refractivity contribution in [2.75, 3.05) is 38.1 Å². The summed E-state index contributed by atoms with van der Waals surface area (Å²) in [6, 6.07) is 17.9. The van der Waals surface area contributed by atoms with Gasteiger partial charge in [0.15, 0.2) is 5.65 Å². The molecule has 0 atom stereocenters. The number of aryl methyl sites for hydroxylation is 1. The number of benzene rings is 2. The van der Waals surface area contributed by atoms with E-state index in [2.05, 4.69) is 92.5 Å². The zero-order chi connectivity index (χ0) is 22.4. The molecule has 1 aliphatic heterocycles.